The van der Waals surface area contributed by atoms with Crippen molar-refractivity contribution in [3.63, 3.8) is 0 Å². The van der Waals surface area contributed by atoms with Gasteiger partial charge in [-0.05, 0) is 23.8 Å². The van der Waals surface area contributed by atoms with E-state index >= 15 is 0 Å². The van der Waals surface area contributed by atoms with Gasteiger partial charge in [0.15, 0.2) is 0 Å². The lowest BCUT2D eigenvalue weighted by atomic mass is 10.1. The third-order valence-electron chi connectivity index (χ3n) is 2.53. The van der Waals surface area contributed by atoms with Crippen LogP contribution in [0.25, 0.3) is 0 Å². The van der Waals surface area contributed by atoms with Gasteiger partial charge in [-0.25, -0.2) is 0 Å². The molecule has 1 aromatic carbocycles. The maximum Gasteiger partial charge on any atom is 0.119 e. The highest BCUT2D eigenvalue weighted by molar-refractivity contribution is 7.99. The Morgan fingerprint density at radius 3 is 2.93 bits per heavy atom. The second-order valence-corrected chi connectivity index (χ2v) is 5.15. The van der Waals surface area contributed by atoms with Crippen molar-refractivity contribution in [2.75, 3.05) is 12.9 Å². The molecule has 0 radical (unpaired) electrons. The quantitative estimate of drug-likeness (QED) is 0.851. The topological polar surface area (TPSA) is 21.3 Å². The van der Waals surface area contributed by atoms with Crippen LogP contribution in [0.15, 0.2) is 23.1 Å². The van der Waals surface area contributed by atoms with E-state index in [1.165, 1.54) is 10.5 Å². The fourth-order valence-corrected chi connectivity index (χ4v) is 3.01. The van der Waals surface area contributed by atoms with E-state index in [0.29, 0.717) is 12.1 Å². The minimum Gasteiger partial charge on any atom is -0.497 e. The standard InChI is InChI=1S/C12H17NOS/c1-8(2)13-11-7-15-12-5-4-9(14-3)6-10(11)12/h4-6,8,11,13H,7H2,1-3H3. The van der Waals surface area contributed by atoms with Crippen LogP contribution in [0, 0.1) is 0 Å². The molecule has 82 valence electrons. The first-order valence-corrected chi connectivity index (χ1v) is 6.26. The maximum absolute atomic E-state index is 5.26. The van der Waals surface area contributed by atoms with Crippen molar-refractivity contribution in [1.82, 2.24) is 5.32 Å². The smallest absolute Gasteiger partial charge is 0.119 e. The van der Waals surface area contributed by atoms with Crippen molar-refractivity contribution in [2.45, 2.75) is 30.8 Å². The first-order valence-electron chi connectivity index (χ1n) is 5.27. The van der Waals surface area contributed by atoms with Crippen molar-refractivity contribution in [3.8, 4) is 5.75 Å². The average Bonchev–Trinajstić information content (AvgIpc) is 2.60. The van der Waals surface area contributed by atoms with E-state index in [-0.39, 0.29) is 0 Å². The van der Waals surface area contributed by atoms with Crippen molar-refractivity contribution >= 4 is 11.8 Å². The maximum atomic E-state index is 5.26. The molecular formula is C12H17NOS. The lowest BCUT2D eigenvalue weighted by molar-refractivity contribution is 0.412. The molecule has 0 bridgehead atoms. The Labute approximate surface area is 95.4 Å². The number of hydrogen-bond acceptors (Lipinski definition) is 3. The summed E-state index contributed by atoms with van der Waals surface area (Å²) < 4.78 is 5.26. The fraction of sp³-hybridized carbons (Fsp3) is 0.500. The first kappa shape index (κ1) is 10.8. The van der Waals surface area contributed by atoms with E-state index in [1.54, 1.807) is 7.11 Å². The Morgan fingerprint density at radius 2 is 2.27 bits per heavy atom. The summed E-state index contributed by atoms with van der Waals surface area (Å²) in [4.78, 5) is 1.38. The lowest BCUT2D eigenvalue weighted by Gasteiger charge is -2.16. The van der Waals surface area contributed by atoms with Crippen LogP contribution in [0.3, 0.4) is 0 Å². The number of benzene rings is 1. The molecule has 0 saturated heterocycles. The van der Waals surface area contributed by atoms with Crippen LogP contribution in [0.4, 0.5) is 0 Å². The molecule has 0 fully saturated rings. The van der Waals surface area contributed by atoms with Crippen LogP contribution < -0.4 is 10.1 Å². The van der Waals surface area contributed by atoms with Gasteiger partial charge >= 0.3 is 0 Å². The summed E-state index contributed by atoms with van der Waals surface area (Å²) in [6.45, 7) is 4.37. The van der Waals surface area contributed by atoms with Gasteiger partial charge in [0.05, 0.1) is 7.11 Å². The highest BCUT2D eigenvalue weighted by atomic mass is 32.2. The molecule has 1 aliphatic rings. The lowest BCUT2D eigenvalue weighted by Crippen LogP contribution is -2.28. The molecule has 1 N–H and O–H groups in total. The molecule has 2 rings (SSSR count). The largest absolute Gasteiger partial charge is 0.497 e. The molecule has 3 heteroatoms. The third kappa shape index (κ3) is 2.29. The SMILES string of the molecule is COc1ccc2c(c1)C(NC(C)C)CS2. The van der Waals surface area contributed by atoms with E-state index in [1.807, 2.05) is 17.8 Å². The average molecular weight is 223 g/mol. The Morgan fingerprint density at radius 1 is 1.47 bits per heavy atom. The zero-order valence-corrected chi connectivity index (χ0v) is 10.2. The molecule has 1 aliphatic heterocycles. The van der Waals surface area contributed by atoms with E-state index in [9.17, 15) is 0 Å². The van der Waals surface area contributed by atoms with Gasteiger partial charge in [0.1, 0.15) is 5.75 Å². The van der Waals surface area contributed by atoms with E-state index in [4.69, 9.17) is 4.74 Å². The molecule has 1 atom stereocenters. The highest BCUT2D eigenvalue weighted by Crippen LogP contribution is 2.39. The Kier molecular flexibility index (Phi) is 3.22. The van der Waals surface area contributed by atoms with Crippen molar-refractivity contribution in [2.24, 2.45) is 0 Å². The summed E-state index contributed by atoms with van der Waals surface area (Å²) in [6, 6.07) is 7.33. The van der Waals surface area contributed by atoms with Crippen LogP contribution in [0.5, 0.6) is 5.75 Å². The molecule has 15 heavy (non-hydrogen) atoms. The van der Waals surface area contributed by atoms with Crippen LogP contribution in [-0.4, -0.2) is 18.9 Å². The van der Waals surface area contributed by atoms with E-state index in [2.05, 4.69) is 31.3 Å². The molecule has 1 heterocycles. The second kappa shape index (κ2) is 4.45. The van der Waals surface area contributed by atoms with Gasteiger partial charge in [0.25, 0.3) is 0 Å². The van der Waals surface area contributed by atoms with E-state index in [0.717, 1.165) is 11.5 Å². The van der Waals surface area contributed by atoms with Gasteiger partial charge in [-0.1, -0.05) is 13.8 Å². The van der Waals surface area contributed by atoms with Crippen LogP contribution in [-0.2, 0) is 0 Å². The number of rotatable bonds is 3. The number of thioether (sulfide) groups is 1. The fourth-order valence-electron chi connectivity index (χ4n) is 1.86. The second-order valence-electron chi connectivity index (χ2n) is 4.09. The summed E-state index contributed by atoms with van der Waals surface area (Å²) >= 11 is 1.92. The number of methoxy groups -OCH3 is 1. The zero-order chi connectivity index (χ0) is 10.8. The van der Waals surface area contributed by atoms with Crippen LogP contribution in [0.2, 0.25) is 0 Å². The summed E-state index contributed by atoms with van der Waals surface area (Å²) in [5.41, 5.74) is 1.38. The van der Waals surface area contributed by atoms with Gasteiger partial charge in [-0.2, -0.15) is 0 Å². The predicted octanol–water partition coefficient (Wildman–Crippen LogP) is 2.84. The number of fused-ring (bicyclic) bond motifs is 1. The Balaban J connectivity index is 2.23. The van der Waals surface area contributed by atoms with Crippen molar-refractivity contribution in [3.05, 3.63) is 23.8 Å². The van der Waals surface area contributed by atoms with Gasteiger partial charge < -0.3 is 10.1 Å². The van der Waals surface area contributed by atoms with Crippen molar-refractivity contribution in [1.29, 1.82) is 0 Å². The molecule has 0 aromatic heterocycles. The summed E-state index contributed by atoms with van der Waals surface area (Å²) in [7, 11) is 1.72. The molecule has 1 unspecified atom stereocenters. The summed E-state index contributed by atoms with van der Waals surface area (Å²) in [5, 5.41) is 3.57. The molecule has 0 saturated carbocycles. The van der Waals surface area contributed by atoms with Gasteiger partial charge in [-0.3, -0.25) is 0 Å². The Hall–Kier alpha value is -0.670. The molecular weight excluding hydrogens is 206 g/mol. The van der Waals surface area contributed by atoms with Gasteiger partial charge in [0.2, 0.25) is 0 Å². The zero-order valence-electron chi connectivity index (χ0n) is 9.41. The minimum atomic E-state index is 0.472. The number of ether oxygens (including phenoxy) is 1. The first-order chi connectivity index (χ1) is 7.20. The van der Waals surface area contributed by atoms with Crippen molar-refractivity contribution < 1.29 is 4.74 Å². The monoisotopic (exact) mass is 223 g/mol. The molecule has 0 spiro atoms. The summed E-state index contributed by atoms with van der Waals surface area (Å²) in [5.74, 6) is 2.08. The molecule has 0 aliphatic carbocycles. The van der Waals surface area contributed by atoms with E-state index < -0.39 is 0 Å². The summed E-state index contributed by atoms with van der Waals surface area (Å²) in [6.07, 6.45) is 0. The predicted molar refractivity (Wildman–Crippen MR) is 64.7 cm³/mol. The Bertz CT molecular complexity index is 351. The van der Waals surface area contributed by atoms with Gasteiger partial charge in [-0.15, -0.1) is 11.8 Å². The van der Waals surface area contributed by atoms with Gasteiger partial charge in [0, 0.05) is 22.7 Å². The number of hydrogen-bond donors (Lipinski definition) is 1. The normalized spacial score (nSPS) is 19.3. The molecule has 2 nitrogen and oxygen atoms in total. The minimum absolute atomic E-state index is 0.472. The van der Waals surface area contributed by atoms with Crippen LogP contribution in [0.1, 0.15) is 25.5 Å². The van der Waals surface area contributed by atoms with Crippen LogP contribution >= 0.6 is 11.8 Å². The third-order valence-corrected chi connectivity index (χ3v) is 3.72. The highest BCUT2D eigenvalue weighted by Gasteiger charge is 2.23. The molecule has 1 aromatic rings. The molecule has 0 amide bonds. The number of nitrogens with one attached hydrogen (secondary N) is 1.